The van der Waals surface area contributed by atoms with Crippen LogP contribution in [0.1, 0.15) is 30.1 Å². The Morgan fingerprint density at radius 3 is 2.38 bits per heavy atom. The minimum Gasteiger partial charge on any atom is -0.481 e. The van der Waals surface area contributed by atoms with E-state index in [2.05, 4.69) is 10.6 Å². The van der Waals surface area contributed by atoms with E-state index in [1.165, 1.54) is 0 Å². The first kappa shape index (κ1) is 16.7. The fraction of sp³-hybridized carbons (Fsp3) is 0.400. The van der Waals surface area contributed by atoms with E-state index in [1.807, 2.05) is 6.92 Å². The van der Waals surface area contributed by atoms with Gasteiger partial charge in [0.05, 0.1) is 12.5 Å². The second-order valence-corrected chi connectivity index (χ2v) is 4.68. The van der Waals surface area contributed by atoms with Crippen LogP contribution in [0.25, 0.3) is 0 Å². The molecule has 0 heterocycles. The van der Waals surface area contributed by atoms with Crippen molar-refractivity contribution in [1.82, 2.24) is 10.6 Å². The summed E-state index contributed by atoms with van der Waals surface area (Å²) in [6, 6.07) is 8.56. The van der Waals surface area contributed by atoms with Crippen LogP contribution in [0.2, 0.25) is 0 Å². The van der Waals surface area contributed by atoms with Crippen LogP contribution in [0.5, 0.6) is 0 Å². The van der Waals surface area contributed by atoms with Gasteiger partial charge in [0.25, 0.3) is 5.91 Å². The Morgan fingerprint density at radius 1 is 1.14 bits per heavy atom. The Labute approximate surface area is 123 Å². The molecular weight excluding hydrogens is 272 g/mol. The molecule has 21 heavy (non-hydrogen) atoms. The fourth-order valence-corrected chi connectivity index (χ4v) is 1.81. The molecule has 0 aliphatic rings. The van der Waals surface area contributed by atoms with Gasteiger partial charge in [0.15, 0.2) is 0 Å². The summed E-state index contributed by atoms with van der Waals surface area (Å²) in [5, 5.41) is 14.0. The molecule has 0 saturated heterocycles. The highest BCUT2D eigenvalue weighted by Gasteiger charge is 2.17. The van der Waals surface area contributed by atoms with Gasteiger partial charge in [0, 0.05) is 12.1 Å². The van der Waals surface area contributed by atoms with Crippen LogP contribution in [-0.2, 0) is 9.59 Å². The van der Waals surface area contributed by atoms with Crippen molar-refractivity contribution in [3.8, 4) is 0 Å². The van der Waals surface area contributed by atoms with Gasteiger partial charge < -0.3 is 15.7 Å². The van der Waals surface area contributed by atoms with E-state index in [0.29, 0.717) is 12.0 Å². The molecule has 1 atom stereocenters. The number of aliphatic carboxylic acids is 1. The van der Waals surface area contributed by atoms with E-state index in [9.17, 15) is 14.4 Å². The van der Waals surface area contributed by atoms with Crippen molar-refractivity contribution < 1.29 is 19.5 Å². The maximum Gasteiger partial charge on any atom is 0.308 e. The average Bonchev–Trinajstić information content (AvgIpc) is 2.49. The third-order valence-corrected chi connectivity index (χ3v) is 2.98. The zero-order valence-electron chi connectivity index (χ0n) is 12.0. The van der Waals surface area contributed by atoms with Gasteiger partial charge in [0.2, 0.25) is 5.91 Å². The van der Waals surface area contributed by atoms with Crippen LogP contribution in [0.4, 0.5) is 0 Å². The second-order valence-electron chi connectivity index (χ2n) is 4.68. The monoisotopic (exact) mass is 292 g/mol. The summed E-state index contributed by atoms with van der Waals surface area (Å²) < 4.78 is 0. The lowest BCUT2D eigenvalue weighted by atomic mass is 10.0. The van der Waals surface area contributed by atoms with Crippen LogP contribution in [0, 0.1) is 5.92 Å². The minimum atomic E-state index is -0.925. The van der Waals surface area contributed by atoms with E-state index >= 15 is 0 Å². The fourth-order valence-electron chi connectivity index (χ4n) is 1.81. The Bertz CT molecular complexity index is 488. The summed E-state index contributed by atoms with van der Waals surface area (Å²) in [7, 11) is 0. The van der Waals surface area contributed by atoms with Gasteiger partial charge in [-0.15, -0.1) is 0 Å². The van der Waals surface area contributed by atoms with Crippen molar-refractivity contribution in [2.45, 2.75) is 19.8 Å². The molecule has 2 amide bonds. The molecule has 1 aromatic rings. The number of carboxylic acid groups (broad SMARTS) is 1. The van der Waals surface area contributed by atoms with E-state index in [-0.39, 0.29) is 19.0 Å². The predicted molar refractivity (Wildman–Crippen MR) is 77.8 cm³/mol. The molecule has 0 spiro atoms. The zero-order chi connectivity index (χ0) is 15.7. The highest BCUT2D eigenvalue weighted by atomic mass is 16.4. The number of hydrogen-bond donors (Lipinski definition) is 3. The van der Waals surface area contributed by atoms with E-state index < -0.39 is 17.8 Å². The number of carbonyl (C=O) groups is 3. The molecule has 0 aromatic heterocycles. The van der Waals surface area contributed by atoms with E-state index in [0.717, 1.165) is 6.42 Å². The molecule has 0 aliphatic carbocycles. The topological polar surface area (TPSA) is 95.5 Å². The van der Waals surface area contributed by atoms with Crippen LogP contribution < -0.4 is 10.6 Å². The van der Waals surface area contributed by atoms with Gasteiger partial charge >= 0.3 is 5.97 Å². The Kier molecular flexibility index (Phi) is 6.94. The quantitative estimate of drug-likeness (QED) is 0.667. The molecule has 1 rings (SSSR count). The maximum atomic E-state index is 11.7. The van der Waals surface area contributed by atoms with Crippen molar-refractivity contribution in [3.63, 3.8) is 0 Å². The standard InChI is InChI=1S/C15H20N2O4/c1-2-6-12(15(20)21)9-16-13(18)10-17-14(19)11-7-4-3-5-8-11/h3-5,7-8,12H,2,6,9-10H2,1H3,(H,16,18)(H,17,19)(H,20,21). The molecule has 114 valence electrons. The lowest BCUT2D eigenvalue weighted by Crippen LogP contribution is -2.40. The largest absolute Gasteiger partial charge is 0.481 e. The van der Waals surface area contributed by atoms with Gasteiger partial charge in [0.1, 0.15) is 0 Å². The van der Waals surface area contributed by atoms with Crippen molar-refractivity contribution in [1.29, 1.82) is 0 Å². The lowest BCUT2D eigenvalue weighted by Gasteiger charge is -2.12. The molecular formula is C15H20N2O4. The Hall–Kier alpha value is -2.37. The summed E-state index contributed by atoms with van der Waals surface area (Å²) in [4.78, 5) is 34.2. The molecule has 0 saturated carbocycles. The van der Waals surface area contributed by atoms with Crippen molar-refractivity contribution >= 4 is 17.8 Å². The number of nitrogens with one attached hydrogen (secondary N) is 2. The van der Waals surface area contributed by atoms with Crippen LogP contribution >= 0.6 is 0 Å². The average molecular weight is 292 g/mol. The first-order valence-electron chi connectivity index (χ1n) is 6.87. The summed E-state index contributed by atoms with van der Waals surface area (Å²) >= 11 is 0. The van der Waals surface area contributed by atoms with Crippen molar-refractivity contribution in [2.24, 2.45) is 5.92 Å². The molecule has 0 aliphatic heterocycles. The Morgan fingerprint density at radius 2 is 1.81 bits per heavy atom. The molecule has 0 bridgehead atoms. The normalized spacial score (nSPS) is 11.5. The van der Waals surface area contributed by atoms with Gasteiger partial charge in [-0.25, -0.2) is 0 Å². The molecule has 6 heteroatoms. The summed E-state index contributed by atoms with van der Waals surface area (Å²) in [5.41, 5.74) is 0.472. The first-order valence-corrected chi connectivity index (χ1v) is 6.87. The van der Waals surface area contributed by atoms with E-state index in [1.54, 1.807) is 30.3 Å². The Balaban J connectivity index is 2.34. The van der Waals surface area contributed by atoms with Crippen LogP contribution in [0.3, 0.4) is 0 Å². The van der Waals surface area contributed by atoms with Gasteiger partial charge in [-0.3, -0.25) is 14.4 Å². The number of benzene rings is 1. The minimum absolute atomic E-state index is 0.0726. The van der Waals surface area contributed by atoms with Crippen LogP contribution in [-0.4, -0.2) is 36.0 Å². The number of rotatable bonds is 8. The summed E-state index contributed by atoms with van der Waals surface area (Å²) in [6.07, 6.45) is 1.24. The number of carbonyl (C=O) groups excluding carboxylic acids is 2. The SMILES string of the molecule is CCCC(CNC(=O)CNC(=O)c1ccccc1)C(=O)O. The van der Waals surface area contributed by atoms with Gasteiger partial charge in [-0.05, 0) is 18.6 Å². The van der Waals surface area contributed by atoms with Gasteiger partial charge in [-0.1, -0.05) is 31.5 Å². The molecule has 0 fully saturated rings. The highest BCUT2D eigenvalue weighted by Crippen LogP contribution is 2.04. The third-order valence-electron chi connectivity index (χ3n) is 2.98. The van der Waals surface area contributed by atoms with E-state index in [4.69, 9.17) is 5.11 Å². The summed E-state index contributed by atoms with van der Waals surface area (Å²) in [6.45, 7) is 1.78. The third kappa shape index (κ3) is 6.07. The number of carboxylic acids is 1. The maximum absolute atomic E-state index is 11.7. The van der Waals surface area contributed by atoms with Crippen molar-refractivity contribution in [2.75, 3.05) is 13.1 Å². The molecule has 0 radical (unpaired) electrons. The molecule has 3 N–H and O–H groups in total. The lowest BCUT2D eigenvalue weighted by molar-refractivity contribution is -0.141. The first-order chi connectivity index (χ1) is 10.0. The van der Waals surface area contributed by atoms with Crippen LogP contribution in [0.15, 0.2) is 30.3 Å². The predicted octanol–water partition coefficient (Wildman–Crippen LogP) is 1.03. The van der Waals surface area contributed by atoms with Gasteiger partial charge in [-0.2, -0.15) is 0 Å². The molecule has 1 aromatic carbocycles. The highest BCUT2D eigenvalue weighted by molar-refractivity contribution is 5.96. The summed E-state index contributed by atoms with van der Waals surface area (Å²) in [5.74, 6) is -2.26. The smallest absolute Gasteiger partial charge is 0.308 e. The van der Waals surface area contributed by atoms with Crippen molar-refractivity contribution in [3.05, 3.63) is 35.9 Å². The number of amides is 2. The number of hydrogen-bond acceptors (Lipinski definition) is 3. The zero-order valence-corrected chi connectivity index (χ0v) is 12.0. The second kappa shape index (κ2) is 8.73. The molecule has 1 unspecified atom stereocenters. The molecule has 6 nitrogen and oxygen atoms in total.